The molecule has 318 valence electrons. The molecule has 0 aliphatic heterocycles. The number of nitrogens with zero attached hydrogens (tertiary/aromatic N) is 2. The normalized spacial score (nSPS) is 15.9. The Kier molecular flexibility index (Phi) is 5.23. The summed E-state index contributed by atoms with van der Waals surface area (Å²) in [5.41, 5.74) is 2.77. The molecule has 0 atom stereocenters. The number of hydrogen-bond donors (Lipinski definition) is 0. The fourth-order valence-corrected chi connectivity index (χ4v) is 9.70. The molecule has 0 N–H and O–H groups in total. The molecule has 0 fully saturated rings. The number of anilines is 6. The van der Waals surface area contributed by atoms with Crippen molar-refractivity contribution in [2.45, 2.75) is 0 Å². The lowest BCUT2D eigenvalue weighted by Crippen LogP contribution is -2.09. The molecule has 0 saturated heterocycles. The molecule has 4 heteroatoms. The van der Waals surface area contributed by atoms with Gasteiger partial charge in [-0.3, -0.25) is 0 Å². The van der Waals surface area contributed by atoms with E-state index >= 15 is 0 Å². The van der Waals surface area contributed by atoms with Gasteiger partial charge in [-0.25, -0.2) is 0 Å². The lowest BCUT2D eigenvalue weighted by Gasteiger charge is -2.25. The molecule has 4 nitrogen and oxygen atoms in total. The molecule has 0 radical (unpaired) electrons. The summed E-state index contributed by atoms with van der Waals surface area (Å²) in [6, 6.07) is 23.3. The summed E-state index contributed by atoms with van der Waals surface area (Å²) < 4.78 is 189. The number of hydrogen-bond acceptors (Lipinski definition) is 4. The Morgan fingerprint density at radius 2 is 0.662 bits per heavy atom. The molecule has 68 heavy (non-hydrogen) atoms. The maximum absolute atomic E-state index is 9.07. The Morgan fingerprint density at radius 3 is 1.01 bits per heavy atom. The van der Waals surface area contributed by atoms with Crippen molar-refractivity contribution in [3.63, 3.8) is 0 Å². The average molecular weight is 889 g/mol. The zero-order chi connectivity index (χ0) is 62.1. The van der Waals surface area contributed by atoms with Crippen molar-refractivity contribution in [1.29, 1.82) is 0 Å². The molecule has 0 aliphatic rings. The van der Waals surface area contributed by atoms with Crippen LogP contribution in [0.5, 0.6) is 0 Å². The molecule has 14 rings (SSSR count). The van der Waals surface area contributed by atoms with E-state index in [1.54, 1.807) is 36.4 Å². The highest BCUT2D eigenvalue weighted by molar-refractivity contribution is 6.39. The molecule has 0 amide bonds. The summed E-state index contributed by atoms with van der Waals surface area (Å²) in [7, 11) is 0. The third-order valence-corrected chi connectivity index (χ3v) is 12.5. The number of rotatable bonds is 8. The van der Waals surface area contributed by atoms with E-state index < -0.39 is 144 Å². The molecular formula is C64H40N2O2. The van der Waals surface area contributed by atoms with E-state index in [0.29, 0.717) is 43.5 Å². The minimum Gasteiger partial charge on any atom is -0.455 e. The van der Waals surface area contributed by atoms with E-state index in [1.165, 1.54) is 0 Å². The summed E-state index contributed by atoms with van der Waals surface area (Å²) >= 11 is 0. The van der Waals surface area contributed by atoms with Crippen molar-refractivity contribution in [3.05, 3.63) is 242 Å². The molecule has 0 unspecified atom stereocenters. The summed E-state index contributed by atoms with van der Waals surface area (Å²) in [4.78, 5) is 2.17. The Hall–Kier alpha value is -9.12. The predicted molar refractivity (Wildman–Crippen MR) is 285 cm³/mol. The van der Waals surface area contributed by atoms with Crippen molar-refractivity contribution in [1.82, 2.24) is 0 Å². The number of fused-ring (bicyclic) bond motifs is 8. The fraction of sp³-hybridized carbons (Fsp3) is 0. The first-order valence-corrected chi connectivity index (χ1v) is 21.5. The summed E-state index contributed by atoms with van der Waals surface area (Å²) in [6.45, 7) is 0. The highest BCUT2D eigenvalue weighted by Gasteiger charge is 2.26. The Labute approximate surface area is 420 Å². The molecular weight excluding hydrogens is 829 g/mol. The average Bonchev–Trinajstić information content (AvgIpc) is 1.40. The van der Waals surface area contributed by atoms with Crippen molar-refractivity contribution in [3.8, 4) is 22.3 Å². The monoisotopic (exact) mass is 888 g/mol. The van der Waals surface area contributed by atoms with Gasteiger partial charge in [0.25, 0.3) is 0 Å². The van der Waals surface area contributed by atoms with Crippen LogP contribution in [0.25, 0.3) is 98.4 Å². The smallest absolute Gasteiger partial charge is 0.143 e. The second-order valence-electron chi connectivity index (χ2n) is 16.2. The van der Waals surface area contributed by atoms with Crippen molar-refractivity contribution < 1.29 is 36.2 Å². The molecule has 0 aliphatic carbocycles. The number of para-hydroxylation sites is 4. The third-order valence-electron chi connectivity index (χ3n) is 12.5. The van der Waals surface area contributed by atoms with Crippen LogP contribution in [0.2, 0.25) is 0 Å². The van der Waals surface area contributed by atoms with Gasteiger partial charge in [0.1, 0.15) is 22.3 Å². The first-order valence-electron chi connectivity index (χ1n) is 31.5. The minimum atomic E-state index is -0.707. The maximum Gasteiger partial charge on any atom is 0.143 e. The molecule has 2 aromatic heterocycles. The van der Waals surface area contributed by atoms with E-state index in [4.69, 9.17) is 36.2 Å². The van der Waals surface area contributed by atoms with Crippen molar-refractivity contribution in [2.24, 2.45) is 0 Å². The van der Waals surface area contributed by atoms with Gasteiger partial charge < -0.3 is 18.6 Å². The first-order chi connectivity index (χ1) is 42.0. The molecule has 0 spiro atoms. The molecule has 14 aromatic rings. The fourth-order valence-electron chi connectivity index (χ4n) is 9.70. The van der Waals surface area contributed by atoms with Gasteiger partial charge in [0.2, 0.25) is 0 Å². The highest BCUT2D eigenvalue weighted by Crippen LogP contribution is 2.52. The lowest BCUT2D eigenvalue weighted by molar-refractivity contribution is 0.672. The third kappa shape index (κ3) is 5.94. The van der Waals surface area contributed by atoms with Crippen LogP contribution >= 0.6 is 0 Å². The van der Waals surface area contributed by atoms with Gasteiger partial charge in [0.05, 0.1) is 27.4 Å². The first kappa shape index (κ1) is 23.4. The highest BCUT2D eigenvalue weighted by atomic mass is 16.3. The van der Waals surface area contributed by atoms with E-state index in [0.717, 1.165) is 53.6 Å². The van der Waals surface area contributed by atoms with Gasteiger partial charge in [-0.15, -0.1) is 0 Å². The molecule has 12 aromatic carbocycles. The van der Waals surface area contributed by atoms with Crippen LogP contribution in [0.1, 0.15) is 27.4 Å². The topological polar surface area (TPSA) is 32.8 Å². The van der Waals surface area contributed by atoms with Crippen LogP contribution in [0.4, 0.5) is 34.1 Å². The largest absolute Gasteiger partial charge is 0.455 e. The lowest BCUT2D eigenvalue weighted by atomic mass is 9.84. The SMILES string of the molecule is [2H]c1c([2H])c([2H])c(N(c2ccc3c(c2)oc2c3cc3cc(-c4ccccc4)c4c5oc6cc(N(c7c([2H])c([2H])c([2H])c([2H])c7[2H])c7c([2H])c([2H])c([2H])c([2H])c7[2H])ccc6c5cc5cc(-c6ccccc6)c2c3c54)c2c([2H])c([2H])c([2H])c([2H])c2[2H])c([2H])c1[2H]. The van der Waals surface area contributed by atoms with Gasteiger partial charge in [0, 0.05) is 89.3 Å². The van der Waals surface area contributed by atoms with E-state index in [1.807, 2.05) is 72.8 Å². The second kappa shape index (κ2) is 15.2. The zero-order valence-corrected chi connectivity index (χ0v) is 35.3. The van der Waals surface area contributed by atoms with Gasteiger partial charge >= 0.3 is 0 Å². The van der Waals surface area contributed by atoms with Crippen LogP contribution in [0, 0.1) is 0 Å². The minimum absolute atomic E-state index is 0.0555. The van der Waals surface area contributed by atoms with Gasteiger partial charge in [-0.1, -0.05) is 133 Å². The summed E-state index contributed by atoms with van der Waals surface area (Å²) in [5.74, 6) is 0. The summed E-state index contributed by atoms with van der Waals surface area (Å²) in [5, 5.41) is 6.98. The second-order valence-corrected chi connectivity index (χ2v) is 16.2. The van der Waals surface area contributed by atoms with Gasteiger partial charge in [-0.05, 0) is 130 Å². The van der Waals surface area contributed by atoms with E-state index in [9.17, 15) is 0 Å². The standard InChI is InChI=1S/C64H40N2O2/c1-7-19-41(20-8-1)53-35-43-37-56-52-34-32-50(66(47-27-15-5-16-28-47)48-29-17-6-18-30-48)40-58(52)68-64(56)62-54(42-21-9-2-10-22-42)36-44-38-55-51-33-31-49(39-57(51)67-63(55)61(53)59(44)60(43)62)65(45-23-11-3-12-24-45)46-25-13-4-14-26-46/h1-40H/i3D,4D,5D,6D,11D,12D,13D,14D,15D,16D,17D,18D,23D,24D,25D,26D,27D,28D,29D,30D. The predicted octanol–water partition coefficient (Wildman–Crippen LogP) is 18.7. The molecule has 0 saturated carbocycles. The van der Waals surface area contributed by atoms with Gasteiger partial charge in [0.15, 0.2) is 0 Å². The van der Waals surface area contributed by atoms with E-state index in [2.05, 4.69) is 12.1 Å². The van der Waals surface area contributed by atoms with Crippen LogP contribution in [0.3, 0.4) is 0 Å². The van der Waals surface area contributed by atoms with Crippen LogP contribution in [-0.2, 0) is 0 Å². The van der Waals surface area contributed by atoms with Crippen LogP contribution in [0.15, 0.2) is 251 Å². The number of furan rings is 2. The van der Waals surface area contributed by atoms with E-state index in [-0.39, 0.29) is 22.5 Å². The summed E-state index contributed by atoms with van der Waals surface area (Å²) in [6.07, 6.45) is 0. The van der Waals surface area contributed by atoms with Crippen molar-refractivity contribution >= 4 is 110 Å². The maximum atomic E-state index is 9.07. The Bertz CT molecular complexity index is 4830. The zero-order valence-electron chi connectivity index (χ0n) is 55.3. The molecule has 0 bridgehead atoms. The number of benzene rings is 12. The van der Waals surface area contributed by atoms with Crippen LogP contribution in [-0.4, -0.2) is 0 Å². The molecule has 2 heterocycles. The van der Waals surface area contributed by atoms with Crippen LogP contribution < -0.4 is 9.80 Å². The Balaban J connectivity index is 1.08. The van der Waals surface area contributed by atoms with Crippen molar-refractivity contribution in [2.75, 3.05) is 9.80 Å². The Morgan fingerprint density at radius 1 is 0.309 bits per heavy atom. The quantitative estimate of drug-likeness (QED) is 0.142. The van der Waals surface area contributed by atoms with Gasteiger partial charge in [-0.2, -0.15) is 0 Å².